The maximum absolute atomic E-state index is 13.3. The molecule has 33 heavy (non-hydrogen) atoms. The number of carbonyl (C=O) groups is 1. The van der Waals surface area contributed by atoms with E-state index in [2.05, 4.69) is 29.2 Å². The van der Waals surface area contributed by atoms with Crippen molar-refractivity contribution in [3.63, 3.8) is 0 Å². The van der Waals surface area contributed by atoms with Crippen LogP contribution < -0.4 is 5.32 Å². The summed E-state index contributed by atoms with van der Waals surface area (Å²) < 4.78 is 29.8. The predicted octanol–water partition coefficient (Wildman–Crippen LogP) is 3.12. The number of nitrogens with zero attached hydrogens (tertiary/aromatic N) is 4. The van der Waals surface area contributed by atoms with Crippen molar-refractivity contribution in [1.29, 1.82) is 0 Å². The fraction of sp³-hybridized carbons (Fsp3) is 0.375. The van der Waals surface area contributed by atoms with E-state index in [1.165, 1.54) is 12.4 Å². The topological polar surface area (TPSA) is 97.2 Å². The summed E-state index contributed by atoms with van der Waals surface area (Å²) in [6.45, 7) is 5.53. The van der Waals surface area contributed by atoms with Crippen molar-refractivity contribution in [3.05, 3.63) is 78.4 Å². The first-order valence-corrected chi connectivity index (χ1v) is 12.6. The van der Waals surface area contributed by atoms with Crippen LogP contribution in [-0.2, 0) is 16.6 Å². The van der Waals surface area contributed by atoms with Gasteiger partial charge in [-0.3, -0.25) is 9.48 Å². The Labute approximate surface area is 194 Å². The number of aromatic nitrogens is 3. The molecule has 0 aliphatic carbocycles. The monoisotopic (exact) mass is 467 g/mol. The van der Waals surface area contributed by atoms with Gasteiger partial charge < -0.3 is 5.32 Å². The summed E-state index contributed by atoms with van der Waals surface area (Å²) in [4.78, 5) is 17.3. The van der Waals surface area contributed by atoms with Crippen LogP contribution in [0.3, 0.4) is 0 Å². The van der Waals surface area contributed by atoms with Crippen molar-refractivity contribution >= 4 is 15.9 Å². The maximum atomic E-state index is 13.3. The van der Waals surface area contributed by atoms with Gasteiger partial charge in [0.25, 0.3) is 5.91 Å². The molecule has 0 spiro atoms. The van der Waals surface area contributed by atoms with Crippen molar-refractivity contribution in [1.82, 2.24) is 24.4 Å². The van der Waals surface area contributed by atoms with Gasteiger partial charge in [0.15, 0.2) is 0 Å². The standard InChI is InChI=1S/C24H29N5O3S/c1-18-11-19(2)14-29(13-18)33(31,32)22-10-6-9-21(12-22)24(30)27-23(15-28-17-25-16-26-28)20-7-4-3-5-8-20/h3-10,12,16-19,23H,11,13-15H2,1-2H3,(H,27,30). The van der Waals surface area contributed by atoms with Gasteiger partial charge in [-0.1, -0.05) is 50.2 Å². The molecule has 0 bridgehead atoms. The Morgan fingerprint density at radius 2 is 1.82 bits per heavy atom. The molecule has 1 aromatic heterocycles. The average molecular weight is 468 g/mol. The summed E-state index contributed by atoms with van der Waals surface area (Å²) in [6.07, 6.45) is 4.05. The molecule has 1 amide bonds. The SMILES string of the molecule is CC1CC(C)CN(S(=O)(=O)c2cccc(C(=O)NC(Cn3cncn3)c3ccccc3)c2)C1. The van der Waals surface area contributed by atoms with Gasteiger partial charge in [-0.15, -0.1) is 0 Å². The number of carbonyl (C=O) groups excluding carboxylic acids is 1. The second-order valence-corrected chi connectivity index (χ2v) is 10.8. The Bertz CT molecular complexity index is 1170. The largest absolute Gasteiger partial charge is 0.343 e. The first-order chi connectivity index (χ1) is 15.8. The summed E-state index contributed by atoms with van der Waals surface area (Å²) in [5.74, 6) is 0.262. The molecule has 3 aromatic rings. The van der Waals surface area contributed by atoms with E-state index in [1.54, 1.807) is 33.5 Å². The van der Waals surface area contributed by atoms with Crippen LogP contribution in [0.4, 0.5) is 0 Å². The van der Waals surface area contributed by atoms with Gasteiger partial charge in [0.1, 0.15) is 12.7 Å². The summed E-state index contributed by atoms with van der Waals surface area (Å²) in [6, 6.07) is 15.5. The van der Waals surface area contributed by atoms with Crippen molar-refractivity contribution in [2.75, 3.05) is 13.1 Å². The molecular weight excluding hydrogens is 438 g/mol. The molecule has 9 heteroatoms. The van der Waals surface area contributed by atoms with Crippen LogP contribution in [0.1, 0.15) is 42.2 Å². The van der Waals surface area contributed by atoms with Crippen LogP contribution >= 0.6 is 0 Å². The molecule has 3 atom stereocenters. The molecule has 1 saturated heterocycles. The lowest BCUT2D eigenvalue weighted by Gasteiger charge is -2.34. The summed E-state index contributed by atoms with van der Waals surface area (Å²) in [7, 11) is -3.67. The van der Waals surface area contributed by atoms with Gasteiger partial charge in [0.05, 0.1) is 17.5 Å². The summed E-state index contributed by atoms with van der Waals surface area (Å²) >= 11 is 0. The Kier molecular flexibility index (Phi) is 6.90. The number of nitrogens with one attached hydrogen (secondary N) is 1. The van der Waals surface area contributed by atoms with Crippen LogP contribution in [0, 0.1) is 11.8 Å². The van der Waals surface area contributed by atoms with Crippen LogP contribution in [-0.4, -0.2) is 46.5 Å². The Hall–Kier alpha value is -3.04. The minimum Gasteiger partial charge on any atom is -0.343 e. The third-order valence-electron chi connectivity index (χ3n) is 5.91. The van der Waals surface area contributed by atoms with Crippen LogP contribution in [0.2, 0.25) is 0 Å². The Morgan fingerprint density at radius 3 is 2.48 bits per heavy atom. The van der Waals surface area contributed by atoms with Crippen LogP contribution in [0.25, 0.3) is 0 Å². The van der Waals surface area contributed by atoms with Crippen molar-refractivity contribution in [2.45, 2.75) is 37.8 Å². The Morgan fingerprint density at radius 1 is 1.09 bits per heavy atom. The van der Waals surface area contributed by atoms with Crippen molar-refractivity contribution in [2.24, 2.45) is 11.8 Å². The Balaban J connectivity index is 1.56. The smallest absolute Gasteiger partial charge is 0.251 e. The molecule has 1 N–H and O–H groups in total. The zero-order chi connectivity index (χ0) is 23.4. The third kappa shape index (κ3) is 5.48. The normalized spacial score (nSPS) is 20.3. The van der Waals surface area contributed by atoms with E-state index in [0.29, 0.717) is 37.0 Å². The van der Waals surface area contributed by atoms with Gasteiger partial charge in [-0.2, -0.15) is 9.40 Å². The van der Waals surface area contributed by atoms with E-state index in [9.17, 15) is 13.2 Å². The molecule has 0 radical (unpaired) electrons. The number of sulfonamides is 1. The zero-order valence-electron chi connectivity index (χ0n) is 18.8. The predicted molar refractivity (Wildman–Crippen MR) is 125 cm³/mol. The second kappa shape index (κ2) is 9.84. The molecule has 1 fully saturated rings. The second-order valence-electron chi connectivity index (χ2n) is 8.85. The fourth-order valence-electron chi connectivity index (χ4n) is 4.42. The van der Waals surface area contributed by atoms with Gasteiger partial charge in [-0.05, 0) is 42.0 Å². The molecule has 3 unspecified atom stereocenters. The molecule has 174 valence electrons. The van der Waals surface area contributed by atoms with Crippen LogP contribution in [0.15, 0.2) is 72.1 Å². The summed E-state index contributed by atoms with van der Waals surface area (Å²) in [5, 5.41) is 7.17. The first kappa shape index (κ1) is 23.1. The lowest BCUT2D eigenvalue weighted by molar-refractivity contribution is 0.0931. The van der Waals surface area contributed by atoms with E-state index < -0.39 is 10.0 Å². The van der Waals surface area contributed by atoms with E-state index in [-0.39, 0.29) is 16.8 Å². The van der Waals surface area contributed by atoms with Gasteiger partial charge in [0.2, 0.25) is 10.0 Å². The van der Waals surface area contributed by atoms with Crippen LogP contribution in [0.5, 0.6) is 0 Å². The molecule has 4 rings (SSSR count). The number of hydrogen-bond donors (Lipinski definition) is 1. The van der Waals surface area contributed by atoms with Crippen molar-refractivity contribution < 1.29 is 13.2 Å². The zero-order valence-corrected chi connectivity index (χ0v) is 19.6. The van der Waals surface area contributed by atoms with E-state index >= 15 is 0 Å². The van der Waals surface area contributed by atoms with E-state index in [0.717, 1.165) is 12.0 Å². The molecule has 0 saturated carbocycles. The average Bonchev–Trinajstić information content (AvgIpc) is 3.32. The number of rotatable bonds is 7. The molecule has 8 nitrogen and oxygen atoms in total. The molecule has 2 heterocycles. The number of amides is 1. The van der Waals surface area contributed by atoms with E-state index in [4.69, 9.17) is 0 Å². The van der Waals surface area contributed by atoms with Gasteiger partial charge in [-0.25, -0.2) is 13.4 Å². The molecular formula is C24H29N5O3S. The maximum Gasteiger partial charge on any atom is 0.251 e. The van der Waals surface area contributed by atoms with Gasteiger partial charge >= 0.3 is 0 Å². The molecule has 1 aliphatic rings. The lowest BCUT2D eigenvalue weighted by atomic mass is 9.94. The molecule has 2 aromatic carbocycles. The van der Waals surface area contributed by atoms with Gasteiger partial charge in [0, 0.05) is 18.7 Å². The number of hydrogen-bond acceptors (Lipinski definition) is 5. The highest BCUT2D eigenvalue weighted by atomic mass is 32.2. The number of piperidine rings is 1. The highest BCUT2D eigenvalue weighted by Gasteiger charge is 2.32. The minimum absolute atomic E-state index is 0.143. The first-order valence-electron chi connectivity index (χ1n) is 11.1. The third-order valence-corrected chi connectivity index (χ3v) is 7.74. The summed E-state index contributed by atoms with van der Waals surface area (Å²) in [5.41, 5.74) is 1.22. The highest BCUT2D eigenvalue weighted by Crippen LogP contribution is 2.27. The molecule has 1 aliphatic heterocycles. The van der Waals surface area contributed by atoms with Crippen molar-refractivity contribution in [3.8, 4) is 0 Å². The quantitative estimate of drug-likeness (QED) is 0.576. The lowest BCUT2D eigenvalue weighted by Crippen LogP contribution is -2.42. The minimum atomic E-state index is -3.67. The fourth-order valence-corrected chi connectivity index (χ4v) is 6.15. The van der Waals surface area contributed by atoms with E-state index in [1.807, 2.05) is 30.3 Å². The highest BCUT2D eigenvalue weighted by molar-refractivity contribution is 7.89. The number of benzene rings is 2.